The van der Waals surface area contributed by atoms with Crippen LogP contribution in [0.2, 0.25) is 0 Å². The quantitative estimate of drug-likeness (QED) is 0.831. The second-order valence-corrected chi connectivity index (χ2v) is 6.06. The third kappa shape index (κ3) is 3.95. The van der Waals surface area contributed by atoms with Crippen LogP contribution in [0, 0.1) is 0 Å². The van der Waals surface area contributed by atoms with Gasteiger partial charge in [-0.1, -0.05) is 30.3 Å². The maximum Gasteiger partial charge on any atom is 0.240 e. The monoisotopic (exact) mass is 324 g/mol. The lowest BCUT2D eigenvalue weighted by Crippen LogP contribution is -2.41. The van der Waals surface area contributed by atoms with Gasteiger partial charge in [0.2, 0.25) is 5.91 Å². The largest absolute Gasteiger partial charge is 0.497 e. The van der Waals surface area contributed by atoms with E-state index >= 15 is 0 Å². The molecule has 0 saturated carbocycles. The fourth-order valence-electron chi connectivity index (χ4n) is 3.14. The summed E-state index contributed by atoms with van der Waals surface area (Å²) in [6, 6.07) is 16.2. The van der Waals surface area contributed by atoms with E-state index in [-0.39, 0.29) is 5.91 Å². The number of benzene rings is 2. The number of nitrogens with zero attached hydrogens (tertiary/aromatic N) is 1. The van der Waals surface area contributed by atoms with Gasteiger partial charge in [-0.15, -0.1) is 0 Å². The van der Waals surface area contributed by atoms with Crippen LogP contribution in [-0.2, 0) is 17.6 Å². The van der Waals surface area contributed by atoms with Gasteiger partial charge in [0.15, 0.2) is 0 Å². The van der Waals surface area contributed by atoms with Crippen LogP contribution in [0.15, 0.2) is 48.5 Å². The third-order valence-electron chi connectivity index (χ3n) is 4.41. The molecule has 4 heteroatoms. The predicted molar refractivity (Wildman–Crippen MR) is 96.7 cm³/mol. The zero-order valence-corrected chi connectivity index (χ0v) is 14.1. The number of fused-ring (bicyclic) bond motifs is 1. The maximum absolute atomic E-state index is 12.5. The Labute approximate surface area is 143 Å². The van der Waals surface area contributed by atoms with Crippen molar-refractivity contribution < 1.29 is 9.53 Å². The molecule has 0 aliphatic carbocycles. The molecule has 0 atom stereocenters. The summed E-state index contributed by atoms with van der Waals surface area (Å²) in [6.45, 7) is 1.96. The van der Waals surface area contributed by atoms with Crippen LogP contribution in [0.1, 0.15) is 17.5 Å². The van der Waals surface area contributed by atoms with Gasteiger partial charge < -0.3 is 15.0 Å². The fraction of sp³-hybridized carbons (Fsp3) is 0.350. The lowest BCUT2D eigenvalue weighted by molar-refractivity contribution is -0.117. The third-order valence-corrected chi connectivity index (χ3v) is 4.41. The minimum Gasteiger partial charge on any atom is -0.497 e. The molecule has 0 radical (unpaired) electrons. The van der Waals surface area contributed by atoms with Crippen LogP contribution in [0.5, 0.6) is 5.75 Å². The number of amides is 1. The summed E-state index contributed by atoms with van der Waals surface area (Å²) < 4.78 is 5.23. The van der Waals surface area contributed by atoms with Crippen molar-refractivity contribution in [3.63, 3.8) is 0 Å². The van der Waals surface area contributed by atoms with Crippen molar-refractivity contribution in [3.8, 4) is 5.75 Å². The molecule has 24 heavy (non-hydrogen) atoms. The van der Waals surface area contributed by atoms with E-state index < -0.39 is 0 Å². The number of hydrogen-bond donors (Lipinski definition) is 1. The van der Waals surface area contributed by atoms with Gasteiger partial charge in [0.1, 0.15) is 5.75 Å². The van der Waals surface area contributed by atoms with Crippen molar-refractivity contribution in [3.05, 3.63) is 59.7 Å². The second kappa shape index (κ2) is 7.97. The van der Waals surface area contributed by atoms with E-state index in [1.54, 1.807) is 7.11 Å². The van der Waals surface area contributed by atoms with Gasteiger partial charge in [-0.3, -0.25) is 4.79 Å². The molecule has 2 aromatic rings. The Bertz CT molecular complexity index is 700. The smallest absolute Gasteiger partial charge is 0.240 e. The summed E-state index contributed by atoms with van der Waals surface area (Å²) in [6.07, 6.45) is 2.97. The van der Waals surface area contributed by atoms with Crippen LogP contribution in [-0.4, -0.2) is 32.7 Å². The van der Waals surface area contributed by atoms with Crippen LogP contribution in [0.3, 0.4) is 0 Å². The molecule has 1 aliphatic heterocycles. The number of para-hydroxylation sites is 1. The number of aryl methyl sites for hydroxylation is 1. The maximum atomic E-state index is 12.5. The van der Waals surface area contributed by atoms with Gasteiger partial charge in [-0.05, 0) is 55.1 Å². The summed E-state index contributed by atoms with van der Waals surface area (Å²) in [4.78, 5) is 14.4. The molecule has 0 bridgehead atoms. The molecule has 0 spiro atoms. The van der Waals surface area contributed by atoms with Crippen molar-refractivity contribution in [1.82, 2.24) is 5.32 Å². The predicted octanol–water partition coefficient (Wildman–Crippen LogP) is 2.81. The highest BCUT2D eigenvalue weighted by atomic mass is 16.5. The van der Waals surface area contributed by atoms with E-state index in [0.717, 1.165) is 43.8 Å². The Hall–Kier alpha value is -2.33. The molecule has 1 amide bonds. The molecule has 126 valence electrons. The molecule has 4 nitrogen and oxygen atoms in total. The summed E-state index contributed by atoms with van der Waals surface area (Å²) in [5, 5.41) is 3.27. The molecule has 1 heterocycles. The van der Waals surface area contributed by atoms with Gasteiger partial charge in [-0.2, -0.15) is 0 Å². The average Bonchev–Trinajstić information content (AvgIpc) is 2.64. The topological polar surface area (TPSA) is 41.6 Å². The first-order chi connectivity index (χ1) is 11.8. The Morgan fingerprint density at radius 3 is 2.96 bits per heavy atom. The van der Waals surface area contributed by atoms with Crippen molar-refractivity contribution in [2.24, 2.45) is 0 Å². The minimum absolute atomic E-state index is 0.146. The number of methoxy groups -OCH3 is 1. The highest BCUT2D eigenvalue weighted by Crippen LogP contribution is 2.26. The van der Waals surface area contributed by atoms with E-state index in [2.05, 4.69) is 17.4 Å². The first-order valence-corrected chi connectivity index (χ1v) is 8.50. The van der Waals surface area contributed by atoms with Crippen LogP contribution in [0.4, 0.5) is 5.69 Å². The standard InChI is InChI=1S/C20H24N2O2/c1-24-18-9-4-6-16(14-18)11-12-21-15-20(23)22-13-5-8-17-7-2-3-10-19(17)22/h2-4,6-7,9-10,14,21H,5,8,11-13,15H2,1H3. The summed E-state index contributed by atoms with van der Waals surface area (Å²) in [5.74, 6) is 1.02. The zero-order chi connectivity index (χ0) is 16.8. The molecule has 1 N–H and O–H groups in total. The number of nitrogens with one attached hydrogen (secondary N) is 1. The molecule has 1 aliphatic rings. The van der Waals surface area contributed by atoms with Crippen LogP contribution in [0.25, 0.3) is 0 Å². The second-order valence-electron chi connectivity index (χ2n) is 6.06. The number of rotatable bonds is 6. The first kappa shape index (κ1) is 16.5. The Morgan fingerprint density at radius 2 is 2.08 bits per heavy atom. The summed E-state index contributed by atoms with van der Waals surface area (Å²) in [5.41, 5.74) is 3.55. The molecule has 0 saturated heterocycles. The van der Waals surface area contributed by atoms with Gasteiger partial charge in [0.05, 0.1) is 13.7 Å². The van der Waals surface area contributed by atoms with E-state index in [9.17, 15) is 4.79 Å². The molecule has 3 rings (SSSR count). The van der Waals surface area contributed by atoms with E-state index in [1.807, 2.05) is 41.3 Å². The van der Waals surface area contributed by atoms with Gasteiger partial charge in [0.25, 0.3) is 0 Å². The van der Waals surface area contributed by atoms with Crippen LogP contribution < -0.4 is 15.0 Å². The molecular formula is C20H24N2O2. The lowest BCUT2D eigenvalue weighted by atomic mass is 10.0. The molecule has 0 fully saturated rings. The molecule has 0 unspecified atom stereocenters. The van der Waals surface area contributed by atoms with Crippen molar-refractivity contribution in [2.75, 3.05) is 31.6 Å². The Kier molecular flexibility index (Phi) is 5.49. The van der Waals surface area contributed by atoms with Gasteiger partial charge in [0, 0.05) is 12.2 Å². The Morgan fingerprint density at radius 1 is 1.21 bits per heavy atom. The average molecular weight is 324 g/mol. The number of carbonyl (C=O) groups is 1. The summed E-state index contributed by atoms with van der Waals surface area (Å²) >= 11 is 0. The number of anilines is 1. The highest BCUT2D eigenvalue weighted by Gasteiger charge is 2.21. The van der Waals surface area contributed by atoms with Crippen LogP contribution >= 0.6 is 0 Å². The van der Waals surface area contributed by atoms with Crippen molar-refractivity contribution >= 4 is 11.6 Å². The molecular weight excluding hydrogens is 300 g/mol. The van der Waals surface area contributed by atoms with E-state index in [4.69, 9.17) is 4.74 Å². The van der Waals surface area contributed by atoms with E-state index in [0.29, 0.717) is 6.54 Å². The highest BCUT2D eigenvalue weighted by molar-refractivity contribution is 5.95. The van der Waals surface area contributed by atoms with Crippen molar-refractivity contribution in [2.45, 2.75) is 19.3 Å². The summed E-state index contributed by atoms with van der Waals surface area (Å²) in [7, 11) is 1.67. The normalized spacial score (nSPS) is 13.5. The molecule has 2 aromatic carbocycles. The van der Waals surface area contributed by atoms with Crippen molar-refractivity contribution in [1.29, 1.82) is 0 Å². The lowest BCUT2D eigenvalue weighted by Gasteiger charge is -2.29. The number of carbonyl (C=O) groups excluding carboxylic acids is 1. The number of hydrogen-bond acceptors (Lipinski definition) is 3. The minimum atomic E-state index is 0.146. The SMILES string of the molecule is COc1cccc(CCNCC(=O)N2CCCc3ccccc32)c1. The first-order valence-electron chi connectivity index (χ1n) is 8.50. The fourth-order valence-corrected chi connectivity index (χ4v) is 3.14. The van der Waals surface area contributed by atoms with Gasteiger partial charge >= 0.3 is 0 Å². The van der Waals surface area contributed by atoms with E-state index in [1.165, 1.54) is 11.1 Å². The van der Waals surface area contributed by atoms with Gasteiger partial charge in [-0.25, -0.2) is 0 Å². The zero-order valence-electron chi connectivity index (χ0n) is 14.1. The molecule has 0 aromatic heterocycles. The number of ether oxygens (including phenoxy) is 1. The Balaban J connectivity index is 1.50.